The fourth-order valence-electron chi connectivity index (χ4n) is 3.78. The van der Waals surface area contributed by atoms with Gasteiger partial charge in [-0.25, -0.2) is 4.79 Å². The number of fused-ring (bicyclic) bond motifs is 1. The summed E-state index contributed by atoms with van der Waals surface area (Å²) in [6.07, 6.45) is 2.29. The maximum absolute atomic E-state index is 12.3. The molecule has 0 radical (unpaired) electrons. The summed E-state index contributed by atoms with van der Waals surface area (Å²) >= 11 is 0. The molecule has 1 aliphatic rings. The molecule has 0 atom stereocenters. The van der Waals surface area contributed by atoms with Crippen molar-refractivity contribution in [3.8, 4) is 11.4 Å². The molecule has 0 bridgehead atoms. The van der Waals surface area contributed by atoms with Gasteiger partial charge < -0.3 is 9.47 Å². The second kappa shape index (κ2) is 9.17. The maximum atomic E-state index is 12.3. The molecule has 0 amide bonds. The van der Waals surface area contributed by atoms with Crippen molar-refractivity contribution in [1.29, 1.82) is 0 Å². The maximum Gasteiger partial charge on any atom is 0.368 e. The summed E-state index contributed by atoms with van der Waals surface area (Å²) in [5.41, 5.74) is 5.33. The van der Waals surface area contributed by atoms with Gasteiger partial charge >= 0.3 is 5.69 Å². The van der Waals surface area contributed by atoms with Crippen molar-refractivity contribution < 1.29 is 9.47 Å². The average molecular weight is 435 g/mol. The SMILES string of the molecule is CC/C(=N\N=C1CCc2c(OC)cccc21)OCc1c(C)cccc1-n1nnn(C)c1=O. The lowest BCUT2D eigenvalue weighted by atomic mass is 10.1. The van der Waals surface area contributed by atoms with E-state index in [-0.39, 0.29) is 12.3 Å². The van der Waals surface area contributed by atoms with Gasteiger partial charge in [0.2, 0.25) is 5.90 Å². The number of aromatic nitrogens is 4. The molecule has 0 saturated carbocycles. The summed E-state index contributed by atoms with van der Waals surface area (Å²) < 4.78 is 13.9. The van der Waals surface area contributed by atoms with Gasteiger partial charge in [0.25, 0.3) is 0 Å². The fraction of sp³-hybridized carbons (Fsp3) is 0.348. The first-order chi connectivity index (χ1) is 15.5. The highest BCUT2D eigenvalue weighted by molar-refractivity contribution is 6.05. The van der Waals surface area contributed by atoms with E-state index in [9.17, 15) is 4.79 Å². The lowest BCUT2D eigenvalue weighted by Crippen LogP contribution is -2.23. The Morgan fingerprint density at radius 1 is 1.16 bits per heavy atom. The monoisotopic (exact) mass is 434 g/mol. The van der Waals surface area contributed by atoms with E-state index in [1.807, 2.05) is 50.2 Å². The third-order valence-corrected chi connectivity index (χ3v) is 5.58. The first kappa shape index (κ1) is 21.5. The topological polar surface area (TPSA) is 95.9 Å². The van der Waals surface area contributed by atoms with Crippen molar-refractivity contribution in [3.63, 3.8) is 0 Å². The van der Waals surface area contributed by atoms with Gasteiger partial charge in [0, 0.05) is 30.2 Å². The highest BCUT2D eigenvalue weighted by atomic mass is 16.5. The largest absolute Gasteiger partial charge is 0.496 e. The number of benzene rings is 2. The summed E-state index contributed by atoms with van der Waals surface area (Å²) in [4.78, 5) is 12.3. The molecule has 0 aliphatic heterocycles. The summed E-state index contributed by atoms with van der Waals surface area (Å²) in [5, 5.41) is 16.6. The van der Waals surface area contributed by atoms with Crippen molar-refractivity contribution in [1.82, 2.24) is 19.8 Å². The predicted octanol–water partition coefficient (Wildman–Crippen LogP) is 2.96. The number of ether oxygens (including phenoxy) is 2. The van der Waals surface area contributed by atoms with Gasteiger partial charge in [-0.2, -0.15) is 14.5 Å². The zero-order valence-corrected chi connectivity index (χ0v) is 18.7. The smallest absolute Gasteiger partial charge is 0.368 e. The van der Waals surface area contributed by atoms with E-state index in [1.165, 1.54) is 14.9 Å². The van der Waals surface area contributed by atoms with Gasteiger partial charge in [-0.05, 0) is 47.9 Å². The molecule has 9 nitrogen and oxygen atoms in total. The minimum atomic E-state index is -0.317. The summed E-state index contributed by atoms with van der Waals surface area (Å²) in [7, 11) is 3.25. The van der Waals surface area contributed by atoms with Crippen LogP contribution in [0.15, 0.2) is 51.4 Å². The number of aryl methyl sites for hydroxylation is 2. The molecule has 0 unspecified atom stereocenters. The molecule has 9 heteroatoms. The molecule has 0 spiro atoms. The highest BCUT2D eigenvalue weighted by Gasteiger charge is 2.21. The molecule has 0 saturated heterocycles. The third kappa shape index (κ3) is 4.05. The van der Waals surface area contributed by atoms with Crippen LogP contribution in [0.3, 0.4) is 0 Å². The van der Waals surface area contributed by atoms with E-state index in [0.717, 1.165) is 41.0 Å². The van der Waals surface area contributed by atoms with Gasteiger partial charge in [-0.3, -0.25) is 0 Å². The Bertz CT molecular complexity index is 1250. The molecular formula is C23H26N6O3. The quantitative estimate of drug-likeness (QED) is 0.338. The Balaban J connectivity index is 1.57. The van der Waals surface area contributed by atoms with Gasteiger partial charge in [0.1, 0.15) is 12.4 Å². The number of hydrogen-bond acceptors (Lipinski definition) is 7. The second-order valence-electron chi connectivity index (χ2n) is 7.54. The molecule has 3 aromatic rings. The van der Waals surface area contributed by atoms with Crippen molar-refractivity contribution in [3.05, 3.63) is 69.1 Å². The van der Waals surface area contributed by atoms with Crippen LogP contribution in [0.2, 0.25) is 0 Å². The number of tetrazole rings is 1. The zero-order chi connectivity index (χ0) is 22.7. The molecule has 1 aromatic heterocycles. The van der Waals surface area contributed by atoms with Gasteiger partial charge in [-0.1, -0.05) is 31.2 Å². The number of hydrogen-bond donors (Lipinski definition) is 0. The molecule has 4 rings (SSSR count). The van der Waals surface area contributed by atoms with Crippen LogP contribution in [-0.2, 0) is 24.8 Å². The van der Waals surface area contributed by atoms with Crippen LogP contribution < -0.4 is 10.4 Å². The second-order valence-corrected chi connectivity index (χ2v) is 7.54. The van der Waals surface area contributed by atoms with Gasteiger partial charge in [0.05, 0.1) is 18.5 Å². The van der Waals surface area contributed by atoms with Gasteiger partial charge in [0.15, 0.2) is 0 Å². The van der Waals surface area contributed by atoms with Crippen molar-refractivity contribution in [2.45, 2.75) is 39.7 Å². The van der Waals surface area contributed by atoms with E-state index in [4.69, 9.17) is 9.47 Å². The first-order valence-corrected chi connectivity index (χ1v) is 10.5. The lowest BCUT2D eigenvalue weighted by Gasteiger charge is -2.13. The Labute approximate surface area is 186 Å². The van der Waals surface area contributed by atoms with E-state index in [1.54, 1.807) is 14.2 Å². The molecule has 0 fully saturated rings. The number of nitrogens with zero attached hydrogens (tertiary/aromatic N) is 6. The van der Waals surface area contributed by atoms with Crippen LogP contribution in [0, 0.1) is 6.92 Å². The van der Waals surface area contributed by atoms with E-state index < -0.39 is 0 Å². The minimum absolute atomic E-state index is 0.243. The Morgan fingerprint density at radius 3 is 2.69 bits per heavy atom. The summed E-state index contributed by atoms with van der Waals surface area (Å²) in [6.45, 7) is 4.18. The van der Waals surface area contributed by atoms with Crippen molar-refractivity contribution in [2.75, 3.05) is 7.11 Å². The van der Waals surface area contributed by atoms with Gasteiger partial charge in [-0.15, -0.1) is 5.10 Å². The number of methoxy groups -OCH3 is 1. The van der Waals surface area contributed by atoms with Crippen LogP contribution >= 0.6 is 0 Å². The Hall–Kier alpha value is -3.75. The van der Waals surface area contributed by atoms with E-state index >= 15 is 0 Å². The average Bonchev–Trinajstić information content (AvgIpc) is 3.37. The van der Waals surface area contributed by atoms with Crippen LogP contribution in [0.5, 0.6) is 5.75 Å². The Kier molecular flexibility index (Phi) is 6.16. The fourth-order valence-corrected chi connectivity index (χ4v) is 3.78. The predicted molar refractivity (Wildman–Crippen MR) is 122 cm³/mol. The van der Waals surface area contributed by atoms with E-state index in [2.05, 4.69) is 20.6 Å². The molecule has 32 heavy (non-hydrogen) atoms. The van der Waals surface area contributed by atoms with E-state index in [0.29, 0.717) is 18.0 Å². The van der Waals surface area contributed by atoms with Crippen molar-refractivity contribution >= 4 is 11.6 Å². The minimum Gasteiger partial charge on any atom is -0.496 e. The van der Waals surface area contributed by atoms with Crippen LogP contribution in [0.1, 0.15) is 42.0 Å². The highest BCUT2D eigenvalue weighted by Crippen LogP contribution is 2.30. The first-order valence-electron chi connectivity index (χ1n) is 10.5. The van der Waals surface area contributed by atoms with Crippen LogP contribution in [0.4, 0.5) is 0 Å². The number of rotatable bonds is 6. The molecule has 1 aliphatic carbocycles. The molecule has 0 N–H and O–H groups in total. The molecular weight excluding hydrogens is 408 g/mol. The lowest BCUT2D eigenvalue weighted by molar-refractivity contribution is 0.282. The van der Waals surface area contributed by atoms with Crippen LogP contribution in [-0.4, -0.2) is 38.5 Å². The standard InChI is InChI=1S/C23H26N6O3/c1-5-22(25-24-19-13-12-17-16(19)9-7-11-21(17)31-4)32-14-18-15(2)8-6-10-20(18)29-23(30)28(3)26-27-29/h6-11H,5,12-14H2,1-4H3/b24-19?,25-22+. The molecule has 2 aromatic carbocycles. The Morgan fingerprint density at radius 2 is 1.97 bits per heavy atom. The summed E-state index contributed by atoms with van der Waals surface area (Å²) in [6, 6.07) is 11.6. The summed E-state index contributed by atoms with van der Waals surface area (Å²) in [5.74, 6) is 1.41. The molecule has 1 heterocycles. The zero-order valence-electron chi connectivity index (χ0n) is 18.7. The van der Waals surface area contributed by atoms with Crippen molar-refractivity contribution in [2.24, 2.45) is 17.3 Å². The molecule has 166 valence electrons. The normalized spacial score (nSPS) is 14.6. The van der Waals surface area contributed by atoms with Crippen LogP contribution in [0.25, 0.3) is 5.69 Å². The third-order valence-electron chi connectivity index (χ3n) is 5.58.